The maximum atomic E-state index is 14.0. The molecule has 5 rings (SSSR count). The van der Waals surface area contributed by atoms with Gasteiger partial charge in [-0.2, -0.15) is 18.3 Å². The molecule has 0 spiro atoms. The van der Waals surface area contributed by atoms with E-state index in [4.69, 9.17) is 4.74 Å². The summed E-state index contributed by atoms with van der Waals surface area (Å²) in [5.74, 6) is -0.270. The predicted octanol–water partition coefficient (Wildman–Crippen LogP) is 5.88. The molecule has 4 aromatic rings. The molecule has 3 aromatic carbocycles. The number of Topliss-reactive ketones (excluding diaryl/α,β-unsaturated/α-hetero) is 2. The molecule has 0 atom stereocenters. The topological polar surface area (TPSA) is 73.6 Å². The summed E-state index contributed by atoms with van der Waals surface area (Å²) in [4.78, 5) is 29.0. The summed E-state index contributed by atoms with van der Waals surface area (Å²) >= 11 is 0. The Morgan fingerprint density at radius 1 is 0.974 bits per heavy atom. The second kappa shape index (κ2) is 9.74. The van der Waals surface area contributed by atoms with Crippen molar-refractivity contribution in [3.63, 3.8) is 0 Å². The van der Waals surface area contributed by atoms with Crippen LogP contribution in [0.15, 0.2) is 77.9 Å². The summed E-state index contributed by atoms with van der Waals surface area (Å²) in [5.41, 5.74) is 3.20. The van der Waals surface area contributed by atoms with Crippen LogP contribution < -0.4 is 4.74 Å². The van der Waals surface area contributed by atoms with Crippen molar-refractivity contribution in [2.75, 3.05) is 7.11 Å². The molecule has 0 amide bonds. The van der Waals surface area contributed by atoms with E-state index >= 15 is 0 Å². The van der Waals surface area contributed by atoms with Gasteiger partial charge in [0.15, 0.2) is 17.3 Å². The lowest BCUT2D eigenvalue weighted by Gasteiger charge is -2.13. The fourth-order valence-corrected chi connectivity index (χ4v) is 4.53. The zero-order chi connectivity index (χ0) is 27.0. The van der Waals surface area contributed by atoms with E-state index in [-0.39, 0.29) is 17.9 Å². The highest BCUT2D eigenvalue weighted by Gasteiger charge is 2.40. The van der Waals surface area contributed by atoms with Crippen molar-refractivity contribution >= 4 is 17.3 Å². The Kier molecular flexibility index (Phi) is 6.44. The van der Waals surface area contributed by atoms with Gasteiger partial charge in [-0.25, -0.2) is 4.68 Å². The normalized spacial score (nSPS) is 12.7. The number of benzene rings is 3. The van der Waals surface area contributed by atoms with E-state index in [0.717, 1.165) is 33.1 Å². The molecule has 0 N–H and O–H groups in total. The Hall–Kier alpha value is -4.53. The Labute approximate surface area is 216 Å². The van der Waals surface area contributed by atoms with Crippen LogP contribution in [0.1, 0.15) is 39.7 Å². The minimum absolute atomic E-state index is 0.0752. The highest BCUT2D eigenvalue weighted by atomic mass is 19.4. The first kappa shape index (κ1) is 25.1. The molecular weight excluding hydrogens is 495 g/mol. The molecule has 0 fully saturated rings. The van der Waals surface area contributed by atoms with E-state index in [2.05, 4.69) is 10.1 Å². The number of aromatic nitrogens is 2. The predicted molar refractivity (Wildman–Crippen MR) is 136 cm³/mol. The quantitative estimate of drug-likeness (QED) is 0.287. The highest BCUT2D eigenvalue weighted by Crippen LogP contribution is 2.35. The first-order valence-corrected chi connectivity index (χ1v) is 11.8. The second-order valence-electron chi connectivity index (χ2n) is 8.90. The zero-order valence-corrected chi connectivity index (χ0v) is 20.5. The Morgan fingerprint density at radius 3 is 2.29 bits per heavy atom. The largest absolute Gasteiger partial charge is 0.497 e. The maximum Gasteiger partial charge on any atom is 0.434 e. The average molecular weight is 518 g/mol. The number of carbonyl (C=O) groups is 2. The molecule has 9 heteroatoms. The number of ether oxygens (including phenoxy) is 1. The highest BCUT2D eigenvalue weighted by molar-refractivity contribution is 6.46. The first-order valence-electron chi connectivity index (χ1n) is 11.8. The lowest BCUT2D eigenvalue weighted by molar-refractivity contribution is -0.143. The van der Waals surface area contributed by atoms with Crippen LogP contribution in [0.5, 0.6) is 5.75 Å². The maximum absolute atomic E-state index is 14.0. The van der Waals surface area contributed by atoms with Gasteiger partial charge in [0.05, 0.1) is 31.1 Å². The standard InChI is InChI=1S/C29H22F3N3O3/c1-17(36)27-24-12-7-20(14-21(24)15-33-27)19-5-3-18(4-6-19)13-26(37)25-16-34-35(28(25)29(30,31)32)22-8-10-23(38-2)11-9-22/h3-12,14,16H,13,15H2,1-2H3. The van der Waals surface area contributed by atoms with E-state index in [1.165, 1.54) is 38.3 Å². The van der Waals surface area contributed by atoms with E-state index in [0.29, 0.717) is 23.6 Å². The molecule has 2 heterocycles. The molecule has 0 aliphatic carbocycles. The average Bonchev–Trinajstić information content (AvgIpc) is 3.54. The van der Waals surface area contributed by atoms with E-state index < -0.39 is 23.2 Å². The van der Waals surface area contributed by atoms with Crippen molar-refractivity contribution in [1.29, 1.82) is 0 Å². The van der Waals surface area contributed by atoms with Gasteiger partial charge in [-0.15, -0.1) is 0 Å². The van der Waals surface area contributed by atoms with Crippen LogP contribution >= 0.6 is 0 Å². The molecule has 1 aliphatic rings. The van der Waals surface area contributed by atoms with Crippen molar-refractivity contribution < 1.29 is 27.5 Å². The fourth-order valence-electron chi connectivity index (χ4n) is 4.53. The molecule has 192 valence electrons. The van der Waals surface area contributed by atoms with Crippen LogP contribution in [0.4, 0.5) is 13.2 Å². The van der Waals surface area contributed by atoms with Gasteiger partial charge in [-0.1, -0.05) is 36.4 Å². The van der Waals surface area contributed by atoms with Crippen molar-refractivity contribution in [3.05, 3.63) is 101 Å². The lowest BCUT2D eigenvalue weighted by Crippen LogP contribution is -2.18. The number of methoxy groups -OCH3 is 1. The molecule has 0 radical (unpaired) electrons. The number of aliphatic imine (C=N–C) groups is 1. The third-order valence-electron chi connectivity index (χ3n) is 6.41. The Balaban J connectivity index is 1.37. The van der Waals surface area contributed by atoms with E-state index in [9.17, 15) is 22.8 Å². The number of rotatable bonds is 7. The van der Waals surface area contributed by atoms with Crippen LogP contribution in [-0.2, 0) is 23.9 Å². The fraction of sp³-hybridized carbons (Fsp3) is 0.172. The molecule has 0 saturated carbocycles. The van der Waals surface area contributed by atoms with Crippen molar-refractivity contribution in [3.8, 4) is 22.6 Å². The summed E-state index contributed by atoms with van der Waals surface area (Å²) in [7, 11) is 1.46. The van der Waals surface area contributed by atoms with E-state index in [1.807, 2.05) is 30.3 Å². The lowest BCUT2D eigenvalue weighted by atomic mass is 9.96. The molecule has 1 aliphatic heterocycles. The summed E-state index contributed by atoms with van der Waals surface area (Å²) in [6.07, 6.45) is -4.03. The van der Waals surface area contributed by atoms with Gasteiger partial charge in [0.25, 0.3) is 0 Å². The smallest absolute Gasteiger partial charge is 0.434 e. The molecular formula is C29H22F3N3O3. The van der Waals surface area contributed by atoms with E-state index in [1.54, 1.807) is 12.1 Å². The third kappa shape index (κ3) is 4.74. The van der Waals surface area contributed by atoms with Crippen LogP contribution in [0.3, 0.4) is 0 Å². The monoisotopic (exact) mass is 517 g/mol. The molecule has 0 bridgehead atoms. The summed E-state index contributed by atoms with van der Waals surface area (Å²) in [6.45, 7) is 1.93. The van der Waals surface area contributed by atoms with Crippen LogP contribution in [0.25, 0.3) is 16.8 Å². The van der Waals surface area contributed by atoms with Gasteiger partial charge in [-0.05, 0) is 52.6 Å². The van der Waals surface area contributed by atoms with Gasteiger partial charge in [0.1, 0.15) is 11.5 Å². The van der Waals surface area contributed by atoms with Crippen molar-refractivity contribution in [1.82, 2.24) is 9.78 Å². The minimum atomic E-state index is -4.79. The van der Waals surface area contributed by atoms with Crippen molar-refractivity contribution in [2.45, 2.75) is 26.1 Å². The second-order valence-corrected chi connectivity index (χ2v) is 8.90. The molecule has 0 unspecified atom stereocenters. The number of hydrogen-bond acceptors (Lipinski definition) is 5. The third-order valence-corrected chi connectivity index (χ3v) is 6.41. The first-order chi connectivity index (χ1) is 18.2. The number of carbonyl (C=O) groups excluding carboxylic acids is 2. The Bertz CT molecular complexity index is 1570. The van der Waals surface area contributed by atoms with Gasteiger partial charge in [0.2, 0.25) is 0 Å². The summed E-state index contributed by atoms with van der Waals surface area (Å²) in [5, 5.41) is 3.87. The Morgan fingerprint density at radius 2 is 1.66 bits per heavy atom. The molecule has 0 saturated heterocycles. The van der Waals surface area contributed by atoms with Crippen LogP contribution in [0, 0.1) is 0 Å². The number of alkyl halides is 3. The van der Waals surface area contributed by atoms with Crippen molar-refractivity contribution in [2.24, 2.45) is 4.99 Å². The van der Waals surface area contributed by atoms with Gasteiger partial charge in [0, 0.05) is 18.9 Å². The number of ketones is 2. The molecule has 1 aromatic heterocycles. The summed E-state index contributed by atoms with van der Waals surface area (Å²) in [6, 6.07) is 18.7. The number of fused-ring (bicyclic) bond motifs is 1. The number of nitrogens with zero attached hydrogens (tertiary/aromatic N) is 3. The zero-order valence-electron chi connectivity index (χ0n) is 20.5. The van der Waals surface area contributed by atoms with Gasteiger partial charge >= 0.3 is 6.18 Å². The van der Waals surface area contributed by atoms with Gasteiger partial charge in [-0.3, -0.25) is 14.6 Å². The van der Waals surface area contributed by atoms with Crippen LogP contribution in [0.2, 0.25) is 0 Å². The van der Waals surface area contributed by atoms with Gasteiger partial charge < -0.3 is 4.74 Å². The SMILES string of the molecule is COc1ccc(-n2ncc(C(=O)Cc3ccc(-c4ccc5c(c4)CN=C5C(C)=O)cc3)c2C(F)(F)F)cc1. The molecule has 38 heavy (non-hydrogen) atoms. The minimum Gasteiger partial charge on any atom is -0.497 e. The summed E-state index contributed by atoms with van der Waals surface area (Å²) < 4.78 is 47.8. The van der Waals surface area contributed by atoms with Crippen LogP contribution in [-0.4, -0.2) is 34.2 Å². The number of hydrogen-bond donors (Lipinski definition) is 0. The molecule has 6 nitrogen and oxygen atoms in total. The number of halogens is 3.